The summed E-state index contributed by atoms with van der Waals surface area (Å²) in [6.45, 7) is 0. The molecule has 0 saturated heterocycles. The molecule has 0 radical (unpaired) electrons. The van der Waals surface area contributed by atoms with Crippen LogP contribution >= 0.6 is 11.6 Å². The van der Waals surface area contributed by atoms with Gasteiger partial charge in [-0.1, -0.05) is 17.7 Å². The molecule has 3 N–H and O–H groups in total. The number of halogens is 1. The number of nitrogen functional groups attached to an aromatic ring is 1. The number of rotatable bonds is 2. The highest BCUT2D eigenvalue weighted by Gasteiger charge is 2.09. The number of aromatic nitrogens is 2. The largest absolute Gasteiger partial charge is 0.395 e. The first-order chi connectivity index (χ1) is 8.74. The van der Waals surface area contributed by atoms with Crippen molar-refractivity contribution in [3.63, 3.8) is 0 Å². The van der Waals surface area contributed by atoms with Gasteiger partial charge in [0.15, 0.2) is 5.52 Å². The summed E-state index contributed by atoms with van der Waals surface area (Å²) in [5.41, 5.74) is 9.25. The highest BCUT2D eigenvalue weighted by atomic mass is 35.5. The normalized spacial score (nSPS) is 10.7. The number of nitrogens with one attached hydrogen (secondary N) is 1. The maximum absolute atomic E-state index is 5.99. The summed E-state index contributed by atoms with van der Waals surface area (Å²) in [6.07, 6.45) is 0. The smallest absolute Gasteiger partial charge is 0.160 e. The lowest BCUT2D eigenvalue weighted by Gasteiger charge is -2.09. The van der Waals surface area contributed by atoms with Crippen LogP contribution in [0.15, 0.2) is 41.0 Å². The van der Waals surface area contributed by atoms with Gasteiger partial charge in [0.1, 0.15) is 5.52 Å². The first-order valence-electron chi connectivity index (χ1n) is 5.27. The van der Waals surface area contributed by atoms with Crippen LogP contribution in [0.3, 0.4) is 0 Å². The predicted molar refractivity (Wildman–Crippen MR) is 71.0 cm³/mol. The molecule has 0 atom stereocenters. The number of benzene rings is 2. The molecule has 1 heterocycles. The molecule has 2 aromatic carbocycles. The Morgan fingerprint density at radius 1 is 1.17 bits per heavy atom. The second-order valence-electron chi connectivity index (χ2n) is 3.79. The molecule has 0 unspecified atom stereocenters. The third-order valence-corrected chi connectivity index (χ3v) is 2.81. The van der Waals surface area contributed by atoms with E-state index in [1.807, 2.05) is 24.3 Å². The molecular formula is C12H9ClN4O. The van der Waals surface area contributed by atoms with E-state index in [2.05, 4.69) is 20.3 Å². The van der Waals surface area contributed by atoms with Crippen molar-refractivity contribution in [3.05, 3.63) is 41.4 Å². The van der Waals surface area contributed by atoms with Crippen LogP contribution < -0.4 is 11.1 Å². The monoisotopic (exact) mass is 260 g/mol. The molecule has 0 spiro atoms. The van der Waals surface area contributed by atoms with E-state index in [4.69, 9.17) is 17.3 Å². The van der Waals surface area contributed by atoms with E-state index in [1.165, 1.54) is 0 Å². The lowest BCUT2D eigenvalue weighted by atomic mass is 10.2. The Hall–Kier alpha value is -2.27. The molecule has 0 amide bonds. The topological polar surface area (TPSA) is 77.0 Å². The lowest BCUT2D eigenvalue weighted by Crippen LogP contribution is -1.97. The van der Waals surface area contributed by atoms with Crippen LogP contribution in [0.4, 0.5) is 17.1 Å². The number of hydrogen-bond acceptors (Lipinski definition) is 5. The molecule has 0 fully saturated rings. The number of fused-ring (bicyclic) bond motifs is 1. The highest BCUT2D eigenvalue weighted by molar-refractivity contribution is 6.30. The third-order valence-electron chi connectivity index (χ3n) is 2.57. The Morgan fingerprint density at radius 3 is 2.89 bits per heavy atom. The summed E-state index contributed by atoms with van der Waals surface area (Å²) in [5.74, 6) is 0. The minimum absolute atomic E-state index is 0.494. The average Bonchev–Trinajstić information content (AvgIpc) is 2.82. The van der Waals surface area contributed by atoms with Gasteiger partial charge in [0.25, 0.3) is 0 Å². The molecule has 0 saturated carbocycles. The van der Waals surface area contributed by atoms with Gasteiger partial charge in [-0.05, 0) is 40.6 Å². The van der Waals surface area contributed by atoms with Gasteiger partial charge < -0.3 is 11.1 Å². The fourth-order valence-corrected chi connectivity index (χ4v) is 1.89. The summed E-state index contributed by atoms with van der Waals surface area (Å²) in [7, 11) is 0. The van der Waals surface area contributed by atoms with Crippen molar-refractivity contribution in [2.75, 3.05) is 11.1 Å². The summed E-state index contributed by atoms with van der Waals surface area (Å²) < 4.78 is 4.64. The molecule has 0 bridgehead atoms. The minimum atomic E-state index is 0.494. The molecule has 90 valence electrons. The fraction of sp³-hybridized carbons (Fsp3) is 0. The van der Waals surface area contributed by atoms with Crippen molar-refractivity contribution in [1.29, 1.82) is 0 Å². The standard InChI is InChI=1S/C12H9ClN4O/c13-7-2-1-3-8(6-7)15-9-4-5-10-12(11(9)14)17-18-16-10/h1-6,15H,14H2. The Morgan fingerprint density at radius 2 is 2.06 bits per heavy atom. The van der Waals surface area contributed by atoms with Gasteiger partial charge in [-0.2, -0.15) is 0 Å². The molecule has 6 heteroatoms. The molecule has 0 aliphatic carbocycles. The molecule has 0 aliphatic rings. The lowest BCUT2D eigenvalue weighted by molar-refractivity contribution is 0.315. The zero-order valence-electron chi connectivity index (χ0n) is 9.22. The van der Waals surface area contributed by atoms with E-state index >= 15 is 0 Å². The van der Waals surface area contributed by atoms with Crippen molar-refractivity contribution in [1.82, 2.24) is 10.3 Å². The van der Waals surface area contributed by atoms with E-state index in [1.54, 1.807) is 12.1 Å². The Kier molecular flexibility index (Phi) is 2.53. The van der Waals surface area contributed by atoms with Gasteiger partial charge >= 0.3 is 0 Å². The fourth-order valence-electron chi connectivity index (χ4n) is 1.70. The molecule has 5 nitrogen and oxygen atoms in total. The minimum Gasteiger partial charge on any atom is -0.395 e. The maximum atomic E-state index is 5.99. The van der Waals surface area contributed by atoms with Gasteiger partial charge in [0.05, 0.1) is 11.4 Å². The van der Waals surface area contributed by atoms with Crippen molar-refractivity contribution >= 4 is 39.7 Å². The molecule has 1 aromatic heterocycles. The molecule has 18 heavy (non-hydrogen) atoms. The number of hydrogen-bond donors (Lipinski definition) is 2. The van der Waals surface area contributed by atoms with Crippen LogP contribution in [0.2, 0.25) is 5.02 Å². The van der Waals surface area contributed by atoms with Gasteiger partial charge in [0, 0.05) is 10.7 Å². The van der Waals surface area contributed by atoms with Crippen LogP contribution in [0.5, 0.6) is 0 Å². The summed E-state index contributed by atoms with van der Waals surface area (Å²) >= 11 is 5.92. The van der Waals surface area contributed by atoms with Crippen LogP contribution in [0.25, 0.3) is 11.0 Å². The zero-order chi connectivity index (χ0) is 12.5. The van der Waals surface area contributed by atoms with E-state index in [9.17, 15) is 0 Å². The van der Waals surface area contributed by atoms with Crippen molar-refractivity contribution in [2.45, 2.75) is 0 Å². The summed E-state index contributed by atoms with van der Waals surface area (Å²) in [4.78, 5) is 0. The van der Waals surface area contributed by atoms with E-state index < -0.39 is 0 Å². The van der Waals surface area contributed by atoms with Gasteiger partial charge in [-0.3, -0.25) is 0 Å². The number of nitrogens with two attached hydrogens (primary N) is 1. The second-order valence-corrected chi connectivity index (χ2v) is 4.23. The highest BCUT2D eigenvalue weighted by Crippen LogP contribution is 2.29. The molecular weight excluding hydrogens is 252 g/mol. The molecule has 3 aromatic rings. The van der Waals surface area contributed by atoms with E-state index in [-0.39, 0.29) is 0 Å². The number of nitrogens with zero attached hydrogens (tertiary/aromatic N) is 2. The van der Waals surface area contributed by atoms with Crippen LogP contribution in [0.1, 0.15) is 0 Å². The van der Waals surface area contributed by atoms with Crippen LogP contribution in [-0.2, 0) is 0 Å². The average molecular weight is 261 g/mol. The van der Waals surface area contributed by atoms with Gasteiger partial charge in [-0.15, -0.1) is 0 Å². The van der Waals surface area contributed by atoms with E-state index in [0.717, 1.165) is 11.4 Å². The molecule has 3 rings (SSSR count). The van der Waals surface area contributed by atoms with Gasteiger partial charge in [-0.25, -0.2) is 4.63 Å². The van der Waals surface area contributed by atoms with Crippen molar-refractivity contribution < 1.29 is 4.63 Å². The van der Waals surface area contributed by atoms with E-state index in [0.29, 0.717) is 21.7 Å². The zero-order valence-corrected chi connectivity index (χ0v) is 9.98. The summed E-state index contributed by atoms with van der Waals surface area (Å²) in [5, 5.41) is 11.3. The van der Waals surface area contributed by atoms with Crippen molar-refractivity contribution in [2.24, 2.45) is 0 Å². The summed E-state index contributed by atoms with van der Waals surface area (Å²) in [6, 6.07) is 11.0. The quantitative estimate of drug-likeness (QED) is 0.692. The van der Waals surface area contributed by atoms with Crippen molar-refractivity contribution in [3.8, 4) is 0 Å². The second kappa shape index (κ2) is 4.19. The maximum Gasteiger partial charge on any atom is 0.160 e. The predicted octanol–water partition coefficient (Wildman–Crippen LogP) is 3.20. The first-order valence-corrected chi connectivity index (χ1v) is 5.65. The molecule has 0 aliphatic heterocycles. The Labute approximate surface area is 107 Å². The number of anilines is 3. The SMILES string of the molecule is Nc1c(Nc2cccc(Cl)c2)ccc2nonc12. The third kappa shape index (κ3) is 1.84. The van der Waals surface area contributed by atoms with Crippen LogP contribution in [-0.4, -0.2) is 10.3 Å². The van der Waals surface area contributed by atoms with Crippen LogP contribution in [0, 0.1) is 0 Å². The van der Waals surface area contributed by atoms with Gasteiger partial charge in [0.2, 0.25) is 0 Å². The first kappa shape index (κ1) is 10.9. The Balaban J connectivity index is 2.02. The Bertz CT molecular complexity index is 710.